The Morgan fingerprint density at radius 2 is 1.82 bits per heavy atom. The van der Waals surface area contributed by atoms with Crippen LogP contribution >= 0.6 is 0 Å². The lowest BCUT2D eigenvalue weighted by molar-refractivity contribution is 0.238. The molecule has 22 heavy (non-hydrogen) atoms. The van der Waals surface area contributed by atoms with E-state index >= 15 is 0 Å². The standard InChI is InChI=1S/C18H19N3O/c1-7-20(8-1)13-3-5-15-17(11-13)22-18-12-14(21-9-2-10-21)4-6-16(18)19-15/h3-6,11-12,17H,1-2,7-10H2. The maximum atomic E-state index is 6.23. The number of aliphatic imine (C=N–C) groups is 1. The van der Waals surface area contributed by atoms with Crippen molar-refractivity contribution in [3.05, 3.63) is 42.1 Å². The second kappa shape index (κ2) is 4.63. The Balaban J connectivity index is 1.46. The fraction of sp³-hybridized carbons (Fsp3) is 0.389. The SMILES string of the molecule is C1=CC2=Nc3ccc(N4CCC4)cc3OC2C=C1N1CCC1. The highest BCUT2D eigenvalue weighted by Crippen LogP contribution is 2.38. The van der Waals surface area contributed by atoms with E-state index in [1.54, 1.807) is 0 Å². The van der Waals surface area contributed by atoms with Gasteiger partial charge < -0.3 is 14.5 Å². The highest BCUT2D eigenvalue weighted by atomic mass is 16.5. The minimum atomic E-state index is -0.0419. The minimum Gasteiger partial charge on any atom is -0.478 e. The average Bonchev–Trinajstić information content (AvgIpc) is 2.41. The number of nitrogens with zero attached hydrogens (tertiary/aromatic N) is 3. The number of fused-ring (bicyclic) bond motifs is 2. The molecule has 2 fully saturated rings. The van der Waals surface area contributed by atoms with Crippen molar-refractivity contribution in [2.24, 2.45) is 4.99 Å². The van der Waals surface area contributed by atoms with Crippen LogP contribution in [0.25, 0.3) is 0 Å². The van der Waals surface area contributed by atoms with Crippen LogP contribution in [0.4, 0.5) is 11.4 Å². The number of allylic oxidation sites excluding steroid dienone is 1. The second-order valence-corrected chi connectivity index (χ2v) is 6.33. The van der Waals surface area contributed by atoms with E-state index in [2.05, 4.69) is 46.2 Å². The van der Waals surface area contributed by atoms with Crippen LogP contribution in [-0.4, -0.2) is 42.9 Å². The monoisotopic (exact) mass is 293 g/mol. The largest absolute Gasteiger partial charge is 0.478 e. The van der Waals surface area contributed by atoms with Crippen molar-refractivity contribution < 1.29 is 4.74 Å². The van der Waals surface area contributed by atoms with Crippen LogP contribution in [0, 0.1) is 0 Å². The molecule has 1 aliphatic carbocycles. The molecule has 4 heteroatoms. The van der Waals surface area contributed by atoms with Crippen molar-refractivity contribution in [3.8, 4) is 5.75 Å². The quantitative estimate of drug-likeness (QED) is 0.839. The van der Waals surface area contributed by atoms with E-state index in [4.69, 9.17) is 9.73 Å². The van der Waals surface area contributed by atoms with Crippen LogP contribution in [0.2, 0.25) is 0 Å². The molecule has 0 spiro atoms. The fourth-order valence-electron chi connectivity index (χ4n) is 3.28. The maximum Gasteiger partial charge on any atom is 0.161 e. The summed E-state index contributed by atoms with van der Waals surface area (Å²) in [5.41, 5.74) is 4.48. The van der Waals surface area contributed by atoms with Crippen molar-refractivity contribution in [3.63, 3.8) is 0 Å². The topological polar surface area (TPSA) is 28.1 Å². The zero-order valence-electron chi connectivity index (χ0n) is 12.5. The molecule has 0 N–H and O–H groups in total. The van der Waals surface area contributed by atoms with E-state index < -0.39 is 0 Å². The molecule has 3 heterocycles. The Morgan fingerprint density at radius 1 is 1.00 bits per heavy atom. The second-order valence-electron chi connectivity index (χ2n) is 6.33. The summed E-state index contributed by atoms with van der Waals surface area (Å²) in [6, 6.07) is 6.37. The lowest BCUT2D eigenvalue weighted by atomic mass is 10.0. The lowest BCUT2D eigenvalue weighted by Crippen LogP contribution is -2.39. The van der Waals surface area contributed by atoms with Gasteiger partial charge in [-0.15, -0.1) is 0 Å². The highest BCUT2D eigenvalue weighted by molar-refractivity contribution is 6.04. The van der Waals surface area contributed by atoms with Crippen LogP contribution in [-0.2, 0) is 0 Å². The van der Waals surface area contributed by atoms with Gasteiger partial charge in [0.05, 0.1) is 5.71 Å². The number of anilines is 1. The molecule has 1 unspecified atom stereocenters. The molecule has 0 amide bonds. The first-order valence-electron chi connectivity index (χ1n) is 8.16. The number of ether oxygens (including phenoxy) is 1. The van der Waals surface area contributed by atoms with Crippen LogP contribution in [0.5, 0.6) is 5.75 Å². The van der Waals surface area contributed by atoms with Gasteiger partial charge in [0, 0.05) is 43.6 Å². The molecule has 1 aromatic carbocycles. The molecule has 0 saturated carbocycles. The van der Waals surface area contributed by atoms with Gasteiger partial charge in [-0.2, -0.15) is 0 Å². The van der Waals surface area contributed by atoms with Crippen molar-refractivity contribution in [2.45, 2.75) is 18.9 Å². The zero-order chi connectivity index (χ0) is 14.5. The van der Waals surface area contributed by atoms with E-state index in [1.807, 2.05) is 0 Å². The van der Waals surface area contributed by atoms with Gasteiger partial charge in [0.25, 0.3) is 0 Å². The first kappa shape index (κ1) is 12.3. The summed E-state index contributed by atoms with van der Waals surface area (Å²) < 4.78 is 6.23. The maximum absolute atomic E-state index is 6.23. The van der Waals surface area contributed by atoms with Gasteiger partial charge in [-0.05, 0) is 43.2 Å². The molecule has 0 aromatic heterocycles. The van der Waals surface area contributed by atoms with Crippen LogP contribution < -0.4 is 9.64 Å². The molecular weight excluding hydrogens is 274 g/mol. The zero-order valence-corrected chi connectivity index (χ0v) is 12.5. The van der Waals surface area contributed by atoms with Gasteiger partial charge in [-0.1, -0.05) is 0 Å². The molecule has 5 rings (SSSR count). The van der Waals surface area contributed by atoms with Crippen LogP contribution in [0.1, 0.15) is 12.8 Å². The van der Waals surface area contributed by atoms with Crippen molar-refractivity contribution in [2.75, 3.05) is 31.1 Å². The smallest absolute Gasteiger partial charge is 0.161 e. The van der Waals surface area contributed by atoms with Crippen LogP contribution in [0.3, 0.4) is 0 Å². The van der Waals surface area contributed by atoms with E-state index in [0.29, 0.717) is 0 Å². The fourth-order valence-corrected chi connectivity index (χ4v) is 3.28. The molecule has 4 nitrogen and oxygen atoms in total. The molecule has 0 bridgehead atoms. The van der Waals surface area contributed by atoms with E-state index in [9.17, 15) is 0 Å². The van der Waals surface area contributed by atoms with Gasteiger partial charge >= 0.3 is 0 Å². The Morgan fingerprint density at radius 3 is 2.55 bits per heavy atom. The van der Waals surface area contributed by atoms with E-state index in [0.717, 1.165) is 43.3 Å². The first-order chi connectivity index (χ1) is 10.9. The highest BCUT2D eigenvalue weighted by Gasteiger charge is 2.27. The van der Waals surface area contributed by atoms with Crippen molar-refractivity contribution in [1.29, 1.82) is 0 Å². The summed E-state index contributed by atoms with van der Waals surface area (Å²) in [5, 5.41) is 0. The molecule has 1 aromatic rings. The van der Waals surface area contributed by atoms with Gasteiger partial charge in [-0.3, -0.25) is 0 Å². The number of benzene rings is 1. The van der Waals surface area contributed by atoms with Gasteiger partial charge in [0.2, 0.25) is 0 Å². The molecule has 112 valence electrons. The predicted molar refractivity (Wildman–Crippen MR) is 88.2 cm³/mol. The number of likely N-dealkylation sites (tertiary alicyclic amines) is 1. The predicted octanol–water partition coefficient (Wildman–Crippen LogP) is 2.89. The number of hydrogen-bond acceptors (Lipinski definition) is 4. The third-order valence-electron chi connectivity index (χ3n) is 4.93. The first-order valence-corrected chi connectivity index (χ1v) is 8.16. The van der Waals surface area contributed by atoms with Gasteiger partial charge in [-0.25, -0.2) is 4.99 Å². The van der Waals surface area contributed by atoms with Crippen LogP contribution in [0.15, 0.2) is 47.1 Å². The molecular formula is C18H19N3O. The summed E-state index contributed by atoms with van der Waals surface area (Å²) in [7, 11) is 0. The lowest BCUT2D eigenvalue weighted by Gasteiger charge is -2.37. The summed E-state index contributed by atoms with van der Waals surface area (Å²) in [6.07, 6.45) is 9.01. The summed E-state index contributed by atoms with van der Waals surface area (Å²) in [6.45, 7) is 4.62. The molecule has 1 atom stereocenters. The minimum absolute atomic E-state index is 0.0419. The Kier molecular flexibility index (Phi) is 2.60. The van der Waals surface area contributed by atoms with E-state index in [1.165, 1.54) is 24.2 Å². The molecule has 2 saturated heterocycles. The third-order valence-corrected chi connectivity index (χ3v) is 4.93. The summed E-state index contributed by atoms with van der Waals surface area (Å²) in [5.74, 6) is 0.910. The molecule has 3 aliphatic heterocycles. The summed E-state index contributed by atoms with van der Waals surface area (Å²) >= 11 is 0. The molecule has 0 radical (unpaired) electrons. The Bertz CT molecular complexity index is 711. The number of rotatable bonds is 2. The summed E-state index contributed by atoms with van der Waals surface area (Å²) in [4.78, 5) is 9.54. The average molecular weight is 293 g/mol. The number of hydrogen-bond donors (Lipinski definition) is 0. The Labute approximate surface area is 130 Å². The van der Waals surface area contributed by atoms with Crippen molar-refractivity contribution in [1.82, 2.24) is 4.90 Å². The third kappa shape index (κ3) is 1.86. The van der Waals surface area contributed by atoms with E-state index in [-0.39, 0.29) is 6.10 Å². The van der Waals surface area contributed by atoms with Gasteiger partial charge in [0.15, 0.2) is 6.10 Å². The Hall–Kier alpha value is -2.23. The van der Waals surface area contributed by atoms with Crippen molar-refractivity contribution >= 4 is 17.1 Å². The normalized spacial score (nSPS) is 25.2. The molecule has 4 aliphatic rings. The van der Waals surface area contributed by atoms with Gasteiger partial charge in [0.1, 0.15) is 11.4 Å².